The standard InChI is InChI=1S/C11H8N2O/c1-8-2-3-9(7-14)10(4-5-12)11(8)6-13/h2-3,7H,4H2,1H3. The number of rotatable bonds is 2. The predicted molar refractivity (Wildman–Crippen MR) is 50.6 cm³/mol. The van der Waals surface area contributed by atoms with Crippen molar-refractivity contribution in [2.45, 2.75) is 13.3 Å². The number of benzene rings is 1. The third-order valence-electron chi connectivity index (χ3n) is 2.05. The third-order valence-corrected chi connectivity index (χ3v) is 2.05. The summed E-state index contributed by atoms with van der Waals surface area (Å²) in [6.07, 6.45) is 0.769. The highest BCUT2D eigenvalue weighted by Gasteiger charge is 2.09. The first kappa shape index (κ1) is 9.95. The summed E-state index contributed by atoms with van der Waals surface area (Å²) in [4.78, 5) is 10.7. The van der Waals surface area contributed by atoms with Gasteiger partial charge in [0.15, 0.2) is 0 Å². The summed E-state index contributed by atoms with van der Waals surface area (Å²) in [6, 6.07) is 7.31. The lowest BCUT2D eigenvalue weighted by atomic mass is 9.96. The topological polar surface area (TPSA) is 64.7 Å². The molecule has 1 rings (SSSR count). The minimum absolute atomic E-state index is 0.0959. The Morgan fingerprint density at radius 1 is 1.43 bits per heavy atom. The second-order valence-electron chi connectivity index (χ2n) is 2.89. The molecule has 0 atom stereocenters. The molecule has 0 aromatic heterocycles. The van der Waals surface area contributed by atoms with Gasteiger partial charge in [-0.3, -0.25) is 4.79 Å². The second kappa shape index (κ2) is 4.20. The average molecular weight is 184 g/mol. The summed E-state index contributed by atoms with van der Waals surface area (Å²) >= 11 is 0. The lowest BCUT2D eigenvalue weighted by Crippen LogP contribution is -1.98. The molecule has 0 spiro atoms. The molecule has 0 radical (unpaired) electrons. The summed E-state index contributed by atoms with van der Waals surface area (Å²) in [5.41, 5.74) is 2.19. The maximum Gasteiger partial charge on any atom is 0.150 e. The number of aldehydes is 1. The molecule has 3 nitrogen and oxygen atoms in total. The summed E-state index contributed by atoms with van der Waals surface area (Å²) in [5, 5.41) is 17.4. The van der Waals surface area contributed by atoms with Gasteiger partial charge in [-0.25, -0.2) is 0 Å². The van der Waals surface area contributed by atoms with E-state index in [1.165, 1.54) is 0 Å². The molecule has 0 amide bonds. The van der Waals surface area contributed by atoms with E-state index in [1.807, 2.05) is 12.1 Å². The van der Waals surface area contributed by atoms with E-state index < -0.39 is 0 Å². The van der Waals surface area contributed by atoms with Crippen molar-refractivity contribution in [3.05, 3.63) is 34.4 Å². The zero-order valence-electron chi connectivity index (χ0n) is 7.74. The highest BCUT2D eigenvalue weighted by atomic mass is 16.1. The van der Waals surface area contributed by atoms with E-state index in [1.54, 1.807) is 19.1 Å². The highest BCUT2D eigenvalue weighted by Crippen LogP contribution is 2.17. The number of carbonyl (C=O) groups excluding carboxylic acids is 1. The third kappa shape index (κ3) is 1.62. The molecule has 0 fully saturated rings. The largest absolute Gasteiger partial charge is 0.298 e. The molecule has 0 aliphatic rings. The summed E-state index contributed by atoms with van der Waals surface area (Å²) in [5.74, 6) is 0. The van der Waals surface area contributed by atoms with Gasteiger partial charge in [0, 0.05) is 5.56 Å². The zero-order valence-corrected chi connectivity index (χ0v) is 7.74. The van der Waals surface area contributed by atoms with Crippen LogP contribution in [0.25, 0.3) is 0 Å². The molecule has 0 heterocycles. The van der Waals surface area contributed by atoms with E-state index in [0.717, 1.165) is 5.56 Å². The van der Waals surface area contributed by atoms with Gasteiger partial charge in [0.25, 0.3) is 0 Å². The van der Waals surface area contributed by atoms with Crippen LogP contribution in [0, 0.1) is 29.6 Å². The first-order chi connectivity index (χ1) is 6.74. The second-order valence-corrected chi connectivity index (χ2v) is 2.89. The van der Waals surface area contributed by atoms with Crippen molar-refractivity contribution < 1.29 is 4.79 Å². The van der Waals surface area contributed by atoms with Crippen molar-refractivity contribution in [1.82, 2.24) is 0 Å². The number of nitriles is 2. The van der Waals surface area contributed by atoms with E-state index in [4.69, 9.17) is 10.5 Å². The Morgan fingerprint density at radius 2 is 2.14 bits per heavy atom. The van der Waals surface area contributed by atoms with Gasteiger partial charge < -0.3 is 0 Å². The molecule has 0 bridgehead atoms. The molecule has 0 saturated carbocycles. The highest BCUT2D eigenvalue weighted by molar-refractivity contribution is 5.79. The van der Waals surface area contributed by atoms with E-state index in [2.05, 4.69) is 0 Å². The smallest absolute Gasteiger partial charge is 0.150 e. The average Bonchev–Trinajstić information content (AvgIpc) is 2.19. The Hall–Kier alpha value is -2.13. The predicted octanol–water partition coefficient (Wildman–Crippen LogP) is 1.75. The molecule has 0 saturated heterocycles. The van der Waals surface area contributed by atoms with Gasteiger partial charge in [0.1, 0.15) is 6.29 Å². The normalized spacial score (nSPS) is 8.79. The molecule has 0 aliphatic carbocycles. The van der Waals surface area contributed by atoms with Crippen LogP contribution in [0.15, 0.2) is 12.1 Å². The van der Waals surface area contributed by atoms with E-state index >= 15 is 0 Å². The maximum absolute atomic E-state index is 10.7. The maximum atomic E-state index is 10.7. The van der Waals surface area contributed by atoms with E-state index in [-0.39, 0.29) is 6.42 Å². The SMILES string of the molecule is Cc1ccc(C=O)c(CC#N)c1C#N. The molecule has 68 valence electrons. The van der Waals surface area contributed by atoms with Crippen LogP contribution in [0.4, 0.5) is 0 Å². The van der Waals surface area contributed by atoms with Crippen molar-refractivity contribution in [2.24, 2.45) is 0 Å². The van der Waals surface area contributed by atoms with Crippen LogP contribution in [-0.4, -0.2) is 6.29 Å². The molecule has 0 aliphatic heterocycles. The summed E-state index contributed by atoms with van der Waals surface area (Å²) < 4.78 is 0. The first-order valence-corrected chi connectivity index (χ1v) is 4.09. The fourth-order valence-corrected chi connectivity index (χ4v) is 1.32. The summed E-state index contributed by atoms with van der Waals surface area (Å²) in [7, 11) is 0. The van der Waals surface area contributed by atoms with Crippen LogP contribution in [0.2, 0.25) is 0 Å². The number of carbonyl (C=O) groups is 1. The molecule has 1 aromatic carbocycles. The molecule has 1 aromatic rings. The monoisotopic (exact) mass is 184 g/mol. The number of nitrogens with zero attached hydrogens (tertiary/aromatic N) is 2. The number of hydrogen-bond acceptors (Lipinski definition) is 3. The van der Waals surface area contributed by atoms with Crippen LogP contribution < -0.4 is 0 Å². The van der Waals surface area contributed by atoms with Crippen molar-refractivity contribution in [3.8, 4) is 12.1 Å². The quantitative estimate of drug-likeness (QED) is 0.657. The Morgan fingerprint density at radius 3 is 2.64 bits per heavy atom. The van der Waals surface area contributed by atoms with Gasteiger partial charge in [0.05, 0.1) is 24.1 Å². The van der Waals surface area contributed by atoms with Gasteiger partial charge in [-0.15, -0.1) is 0 Å². The van der Waals surface area contributed by atoms with Crippen LogP contribution in [0.1, 0.15) is 27.0 Å². The lowest BCUT2D eigenvalue weighted by Gasteiger charge is -2.05. The van der Waals surface area contributed by atoms with Crippen LogP contribution in [-0.2, 0) is 6.42 Å². The Kier molecular flexibility index (Phi) is 2.99. The molecule has 0 N–H and O–H groups in total. The fraction of sp³-hybridized carbons (Fsp3) is 0.182. The zero-order chi connectivity index (χ0) is 10.6. The lowest BCUT2D eigenvalue weighted by molar-refractivity contribution is 0.112. The number of hydrogen-bond donors (Lipinski definition) is 0. The van der Waals surface area contributed by atoms with Gasteiger partial charge in [-0.2, -0.15) is 10.5 Å². The molecule has 14 heavy (non-hydrogen) atoms. The minimum Gasteiger partial charge on any atom is -0.298 e. The molecule has 0 unspecified atom stereocenters. The Labute approximate surface area is 82.2 Å². The van der Waals surface area contributed by atoms with E-state index in [0.29, 0.717) is 23.0 Å². The van der Waals surface area contributed by atoms with Gasteiger partial charge in [-0.1, -0.05) is 12.1 Å². The first-order valence-electron chi connectivity index (χ1n) is 4.09. The minimum atomic E-state index is 0.0959. The van der Waals surface area contributed by atoms with Crippen molar-refractivity contribution in [2.75, 3.05) is 0 Å². The van der Waals surface area contributed by atoms with Crippen molar-refractivity contribution in [1.29, 1.82) is 10.5 Å². The molecular formula is C11H8N2O. The molecular weight excluding hydrogens is 176 g/mol. The van der Waals surface area contributed by atoms with Crippen molar-refractivity contribution in [3.63, 3.8) is 0 Å². The number of aryl methyl sites for hydroxylation is 1. The Balaban J connectivity index is 3.47. The summed E-state index contributed by atoms with van der Waals surface area (Å²) in [6.45, 7) is 1.79. The molecule has 3 heteroatoms. The van der Waals surface area contributed by atoms with Crippen LogP contribution >= 0.6 is 0 Å². The van der Waals surface area contributed by atoms with E-state index in [9.17, 15) is 4.79 Å². The van der Waals surface area contributed by atoms with Gasteiger partial charge in [0.2, 0.25) is 0 Å². The van der Waals surface area contributed by atoms with Gasteiger partial charge >= 0.3 is 0 Å². The fourth-order valence-electron chi connectivity index (χ4n) is 1.32. The van der Waals surface area contributed by atoms with Crippen molar-refractivity contribution >= 4 is 6.29 Å². The van der Waals surface area contributed by atoms with Gasteiger partial charge in [-0.05, 0) is 18.1 Å². The van der Waals surface area contributed by atoms with Crippen LogP contribution in [0.5, 0.6) is 0 Å². The Bertz CT molecular complexity index is 450. The van der Waals surface area contributed by atoms with Crippen LogP contribution in [0.3, 0.4) is 0 Å².